The zero-order valence-electron chi connectivity index (χ0n) is 14.0. The summed E-state index contributed by atoms with van der Waals surface area (Å²) in [5, 5.41) is 2.87. The molecule has 0 spiro atoms. The molecule has 5 nitrogen and oxygen atoms in total. The van der Waals surface area contributed by atoms with Crippen molar-refractivity contribution in [2.24, 2.45) is 5.73 Å². The molecule has 0 aliphatic heterocycles. The van der Waals surface area contributed by atoms with Crippen molar-refractivity contribution in [2.45, 2.75) is 51.0 Å². The quantitative estimate of drug-likeness (QED) is 0.822. The normalized spacial score (nSPS) is 16.1. The van der Waals surface area contributed by atoms with Gasteiger partial charge in [-0.3, -0.25) is 4.79 Å². The van der Waals surface area contributed by atoms with E-state index in [0.717, 1.165) is 29.3 Å². The average Bonchev–Trinajstić information content (AvgIpc) is 3.25. The molecular weight excluding hydrogens is 326 g/mol. The van der Waals surface area contributed by atoms with E-state index in [2.05, 4.69) is 10.3 Å². The maximum absolute atomic E-state index is 12.2. The Bertz CT molecular complexity index is 691. The van der Waals surface area contributed by atoms with E-state index in [4.69, 9.17) is 10.2 Å². The number of carbonyl (C=O) groups excluding carboxylic acids is 1. The Morgan fingerprint density at radius 3 is 2.62 bits per heavy atom. The van der Waals surface area contributed by atoms with Crippen molar-refractivity contribution >= 4 is 24.0 Å². The number of hydrogen-bond donors (Lipinski definition) is 2. The predicted molar refractivity (Wildman–Crippen MR) is 97.3 cm³/mol. The number of nitrogens with one attached hydrogen (secondary N) is 1. The summed E-state index contributed by atoms with van der Waals surface area (Å²) < 4.78 is 5.78. The molecular formula is C18H24ClN3O2. The van der Waals surface area contributed by atoms with Crippen molar-refractivity contribution in [3.8, 4) is 11.3 Å². The van der Waals surface area contributed by atoms with Crippen LogP contribution in [0.5, 0.6) is 0 Å². The summed E-state index contributed by atoms with van der Waals surface area (Å²) in [7, 11) is 0. The molecule has 0 radical (unpaired) electrons. The molecule has 1 aliphatic carbocycles. The lowest BCUT2D eigenvalue weighted by Crippen LogP contribution is -2.48. The summed E-state index contributed by atoms with van der Waals surface area (Å²) in [6.45, 7) is 3.77. The van der Waals surface area contributed by atoms with Crippen molar-refractivity contribution < 1.29 is 9.21 Å². The number of nitrogens with zero attached hydrogens (tertiary/aromatic N) is 1. The van der Waals surface area contributed by atoms with Gasteiger partial charge in [-0.2, -0.15) is 0 Å². The molecule has 1 aromatic carbocycles. The minimum absolute atomic E-state index is 0. The molecule has 6 heteroatoms. The average molecular weight is 350 g/mol. The molecule has 130 valence electrons. The molecule has 24 heavy (non-hydrogen) atoms. The predicted octanol–water partition coefficient (Wildman–Crippen LogP) is 4.10. The van der Waals surface area contributed by atoms with Gasteiger partial charge in [-0.25, -0.2) is 4.98 Å². The molecule has 2 aromatic rings. The van der Waals surface area contributed by atoms with E-state index in [9.17, 15) is 4.79 Å². The fourth-order valence-electron chi connectivity index (χ4n) is 2.56. The smallest absolute Gasteiger partial charge is 0.244 e. The number of nitrogens with two attached hydrogens (primary N) is 1. The van der Waals surface area contributed by atoms with Crippen LogP contribution in [0.3, 0.4) is 0 Å². The summed E-state index contributed by atoms with van der Waals surface area (Å²) in [6, 6.07) is 7.55. The van der Waals surface area contributed by atoms with E-state index in [1.165, 1.54) is 12.8 Å². The van der Waals surface area contributed by atoms with Gasteiger partial charge in [0, 0.05) is 17.2 Å². The summed E-state index contributed by atoms with van der Waals surface area (Å²) in [4.78, 5) is 16.5. The first-order valence-electron chi connectivity index (χ1n) is 8.16. The molecule has 1 unspecified atom stereocenters. The van der Waals surface area contributed by atoms with E-state index in [-0.39, 0.29) is 18.3 Å². The summed E-state index contributed by atoms with van der Waals surface area (Å²) in [5.74, 6) is 1.93. The van der Waals surface area contributed by atoms with Gasteiger partial charge < -0.3 is 15.5 Å². The van der Waals surface area contributed by atoms with Crippen molar-refractivity contribution in [1.29, 1.82) is 0 Å². The lowest BCUT2D eigenvalue weighted by atomic mass is 9.96. The molecule has 3 rings (SSSR count). The van der Waals surface area contributed by atoms with Crippen LogP contribution in [-0.2, 0) is 4.79 Å². The minimum atomic E-state index is -0.850. The number of oxazole rings is 1. The fraction of sp³-hybridized carbons (Fsp3) is 0.444. The molecule has 1 heterocycles. The number of hydrogen-bond acceptors (Lipinski definition) is 4. The van der Waals surface area contributed by atoms with Gasteiger partial charge in [0.1, 0.15) is 0 Å². The van der Waals surface area contributed by atoms with Gasteiger partial charge in [0.2, 0.25) is 5.91 Å². The third kappa shape index (κ3) is 4.16. The fourth-order valence-corrected chi connectivity index (χ4v) is 2.56. The van der Waals surface area contributed by atoms with Crippen LogP contribution in [0.1, 0.15) is 51.3 Å². The lowest BCUT2D eigenvalue weighted by molar-refractivity contribution is -0.120. The molecule has 3 N–H and O–H groups in total. The van der Waals surface area contributed by atoms with E-state index < -0.39 is 5.54 Å². The first-order chi connectivity index (χ1) is 11.0. The van der Waals surface area contributed by atoms with Gasteiger partial charge in [-0.15, -0.1) is 12.4 Å². The largest absolute Gasteiger partial charge is 0.440 e. The molecule has 1 amide bonds. The third-order valence-electron chi connectivity index (χ3n) is 4.17. The topological polar surface area (TPSA) is 81.2 Å². The Hall–Kier alpha value is -1.85. The second-order valence-corrected chi connectivity index (χ2v) is 6.54. The SMILES string of the molecule is CCCC(C)(N)C(=O)Nc1ccc(-c2cnc(C3CC3)o2)cc1.Cl. The molecule has 1 saturated carbocycles. The molecule has 0 bridgehead atoms. The Labute approximate surface area is 148 Å². The second-order valence-electron chi connectivity index (χ2n) is 6.54. The Morgan fingerprint density at radius 2 is 2.04 bits per heavy atom. The molecule has 1 aromatic heterocycles. The van der Waals surface area contributed by atoms with Gasteiger partial charge in [-0.05, 0) is 50.5 Å². The molecule has 1 fully saturated rings. The van der Waals surface area contributed by atoms with Gasteiger partial charge in [0.15, 0.2) is 11.7 Å². The van der Waals surface area contributed by atoms with Crippen LogP contribution in [0.15, 0.2) is 34.9 Å². The van der Waals surface area contributed by atoms with E-state index >= 15 is 0 Å². The van der Waals surface area contributed by atoms with E-state index in [1.54, 1.807) is 13.1 Å². The molecule has 0 saturated heterocycles. The van der Waals surface area contributed by atoms with Crippen molar-refractivity contribution in [3.63, 3.8) is 0 Å². The number of amides is 1. The van der Waals surface area contributed by atoms with Crippen LogP contribution in [0.25, 0.3) is 11.3 Å². The van der Waals surface area contributed by atoms with Crippen molar-refractivity contribution in [3.05, 3.63) is 36.4 Å². The highest BCUT2D eigenvalue weighted by atomic mass is 35.5. The highest BCUT2D eigenvalue weighted by Crippen LogP contribution is 2.40. The van der Waals surface area contributed by atoms with Crippen LogP contribution in [0, 0.1) is 0 Å². The van der Waals surface area contributed by atoms with Crippen LogP contribution >= 0.6 is 12.4 Å². The first-order valence-corrected chi connectivity index (χ1v) is 8.16. The minimum Gasteiger partial charge on any atom is -0.440 e. The highest BCUT2D eigenvalue weighted by Gasteiger charge is 2.29. The number of anilines is 1. The standard InChI is InChI=1S/C18H23N3O2.ClH/c1-3-10-18(2,19)17(22)21-14-8-6-12(7-9-14)15-11-20-16(23-15)13-4-5-13;/h6-9,11,13H,3-5,10,19H2,1-2H3,(H,21,22);1H. The van der Waals surface area contributed by atoms with Crippen LogP contribution < -0.4 is 11.1 Å². The maximum Gasteiger partial charge on any atom is 0.244 e. The van der Waals surface area contributed by atoms with Crippen LogP contribution in [0.2, 0.25) is 0 Å². The number of carbonyl (C=O) groups is 1. The van der Waals surface area contributed by atoms with Gasteiger partial charge >= 0.3 is 0 Å². The second kappa shape index (κ2) is 7.36. The van der Waals surface area contributed by atoms with E-state index in [1.807, 2.05) is 31.2 Å². The summed E-state index contributed by atoms with van der Waals surface area (Å²) in [5.41, 5.74) is 6.87. The van der Waals surface area contributed by atoms with Gasteiger partial charge in [-0.1, -0.05) is 13.3 Å². The summed E-state index contributed by atoms with van der Waals surface area (Å²) in [6.07, 6.45) is 5.62. The third-order valence-corrected chi connectivity index (χ3v) is 4.17. The van der Waals surface area contributed by atoms with Gasteiger partial charge in [0.25, 0.3) is 0 Å². The number of aromatic nitrogens is 1. The highest BCUT2D eigenvalue weighted by molar-refractivity contribution is 5.97. The molecule has 1 atom stereocenters. The monoisotopic (exact) mass is 349 g/mol. The van der Waals surface area contributed by atoms with Gasteiger partial charge in [0.05, 0.1) is 11.7 Å². The number of rotatable bonds is 6. The number of benzene rings is 1. The maximum atomic E-state index is 12.2. The van der Waals surface area contributed by atoms with Crippen molar-refractivity contribution in [2.75, 3.05) is 5.32 Å². The van der Waals surface area contributed by atoms with E-state index in [0.29, 0.717) is 12.3 Å². The van der Waals surface area contributed by atoms with Crippen LogP contribution in [0.4, 0.5) is 5.69 Å². The zero-order chi connectivity index (χ0) is 16.4. The molecule has 1 aliphatic rings. The zero-order valence-corrected chi connectivity index (χ0v) is 14.9. The summed E-state index contributed by atoms with van der Waals surface area (Å²) >= 11 is 0. The Morgan fingerprint density at radius 1 is 1.38 bits per heavy atom. The number of halogens is 1. The Balaban J connectivity index is 0.00000208. The lowest BCUT2D eigenvalue weighted by Gasteiger charge is -2.22. The van der Waals surface area contributed by atoms with Crippen LogP contribution in [-0.4, -0.2) is 16.4 Å². The Kier molecular flexibility index (Phi) is 5.67. The van der Waals surface area contributed by atoms with Crippen molar-refractivity contribution in [1.82, 2.24) is 4.98 Å². The first kappa shape index (κ1) is 18.5.